The van der Waals surface area contributed by atoms with Crippen LogP contribution in [0.25, 0.3) is 0 Å². The molecular formula is C16H16O4S. The Kier molecular flexibility index (Phi) is 4.43. The Bertz CT molecular complexity index is 736. The highest BCUT2D eigenvalue weighted by atomic mass is 32.2. The molecule has 0 spiro atoms. The Morgan fingerprint density at radius 3 is 2.38 bits per heavy atom. The highest BCUT2D eigenvalue weighted by molar-refractivity contribution is 7.90. The smallest absolute Gasteiger partial charge is 0.335 e. The monoisotopic (exact) mass is 304 g/mol. The molecule has 0 bridgehead atoms. The van der Waals surface area contributed by atoms with Gasteiger partial charge in [-0.3, -0.25) is 0 Å². The summed E-state index contributed by atoms with van der Waals surface area (Å²) in [6.45, 7) is 1.64. The Labute approximate surface area is 124 Å². The van der Waals surface area contributed by atoms with E-state index in [2.05, 4.69) is 0 Å². The molecule has 110 valence electrons. The van der Waals surface area contributed by atoms with Crippen LogP contribution < -0.4 is 0 Å². The standard InChI is InChI=1S/C16H16O4S/c1-12(14-7-3-2-4-8-14)21(19,20)11-13-6-5-9-15(10-13)16(17)18/h2-10,12H,11H2,1H3,(H,17,18). The van der Waals surface area contributed by atoms with Crippen LogP contribution in [0.1, 0.15) is 33.7 Å². The predicted octanol–water partition coefficient (Wildman–Crippen LogP) is 3.06. The van der Waals surface area contributed by atoms with Crippen LogP contribution in [-0.4, -0.2) is 19.5 Å². The molecule has 0 aliphatic heterocycles. The van der Waals surface area contributed by atoms with Crippen LogP contribution in [0.2, 0.25) is 0 Å². The molecule has 0 heterocycles. The van der Waals surface area contributed by atoms with Gasteiger partial charge in [0.05, 0.1) is 16.6 Å². The average Bonchev–Trinajstić information content (AvgIpc) is 2.47. The minimum atomic E-state index is -3.40. The summed E-state index contributed by atoms with van der Waals surface area (Å²) >= 11 is 0. The molecule has 1 atom stereocenters. The topological polar surface area (TPSA) is 71.4 Å². The van der Waals surface area contributed by atoms with Crippen molar-refractivity contribution < 1.29 is 18.3 Å². The van der Waals surface area contributed by atoms with Crippen LogP contribution in [0, 0.1) is 0 Å². The van der Waals surface area contributed by atoms with Gasteiger partial charge in [-0.25, -0.2) is 13.2 Å². The first kappa shape index (κ1) is 15.3. The van der Waals surface area contributed by atoms with E-state index in [1.54, 1.807) is 43.3 Å². The van der Waals surface area contributed by atoms with Crippen LogP contribution in [0.15, 0.2) is 54.6 Å². The van der Waals surface area contributed by atoms with E-state index in [4.69, 9.17) is 5.11 Å². The minimum Gasteiger partial charge on any atom is -0.478 e. The van der Waals surface area contributed by atoms with Crippen LogP contribution in [0.5, 0.6) is 0 Å². The molecule has 0 saturated carbocycles. The van der Waals surface area contributed by atoms with Gasteiger partial charge in [-0.1, -0.05) is 42.5 Å². The first-order valence-corrected chi connectivity index (χ1v) is 8.20. The van der Waals surface area contributed by atoms with Crippen LogP contribution in [0.4, 0.5) is 0 Å². The second-order valence-electron chi connectivity index (χ2n) is 4.87. The molecule has 2 aromatic rings. The summed E-state index contributed by atoms with van der Waals surface area (Å²) in [4.78, 5) is 10.9. The number of hydrogen-bond donors (Lipinski definition) is 1. The SMILES string of the molecule is CC(c1ccccc1)S(=O)(=O)Cc1cccc(C(=O)O)c1. The second kappa shape index (κ2) is 6.10. The number of carboxylic acid groups (broad SMARTS) is 1. The summed E-state index contributed by atoms with van der Waals surface area (Å²) in [7, 11) is -3.40. The Balaban J connectivity index is 2.25. The van der Waals surface area contributed by atoms with Crippen molar-refractivity contribution in [2.75, 3.05) is 0 Å². The van der Waals surface area contributed by atoms with Gasteiger partial charge in [0.1, 0.15) is 0 Å². The molecule has 1 unspecified atom stereocenters. The van der Waals surface area contributed by atoms with E-state index in [1.807, 2.05) is 6.07 Å². The normalized spacial score (nSPS) is 12.8. The minimum absolute atomic E-state index is 0.0927. The van der Waals surface area contributed by atoms with Crippen molar-refractivity contribution in [1.29, 1.82) is 0 Å². The number of sulfone groups is 1. The van der Waals surface area contributed by atoms with Gasteiger partial charge in [-0.05, 0) is 30.2 Å². The van der Waals surface area contributed by atoms with E-state index >= 15 is 0 Å². The largest absolute Gasteiger partial charge is 0.478 e. The zero-order chi connectivity index (χ0) is 15.5. The van der Waals surface area contributed by atoms with Gasteiger partial charge in [0.2, 0.25) is 0 Å². The van der Waals surface area contributed by atoms with Crippen molar-refractivity contribution in [1.82, 2.24) is 0 Å². The maximum Gasteiger partial charge on any atom is 0.335 e. The fourth-order valence-electron chi connectivity index (χ4n) is 2.08. The van der Waals surface area contributed by atoms with Crippen LogP contribution >= 0.6 is 0 Å². The van der Waals surface area contributed by atoms with E-state index in [0.717, 1.165) is 5.56 Å². The number of carboxylic acids is 1. The van der Waals surface area contributed by atoms with Crippen LogP contribution in [-0.2, 0) is 15.6 Å². The third kappa shape index (κ3) is 3.70. The van der Waals surface area contributed by atoms with Gasteiger partial charge in [-0.2, -0.15) is 0 Å². The van der Waals surface area contributed by atoms with Crippen molar-refractivity contribution in [3.8, 4) is 0 Å². The quantitative estimate of drug-likeness (QED) is 0.921. The van der Waals surface area contributed by atoms with E-state index < -0.39 is 21.1 Å². The van der Waals surface area contributed by atoms with E-state index in [-0.39, 0.29) is 11.3 Å². The summed E-state index contributed by atoms with van der Waals surface area (Å²) in [6, 6.07) is 15.0. The molecule has 0 amide bonds. The lowest BCUT2D eigenvalue weighted by Gasteiger charge is -2.13. The second-order valence-corrected chi connectivity index (χ2v) is 7.19. The van der Waals surface area contributed by atoms with Crippen molar-refractivity contribution in [2.45, 2.75) is 17.9 Å². The fraction of sp³-hybridized carbons (Fsp3) is 0.188. The van der Waals surface area contributed by atoms with Crippen molar-refractivity contribution >= 4 is 15.8 Å². The van der Waals surface area contributed by atoms with Crippen molar-refractivity contribution in [2.24, 2.45) is 0 Å². The first-order chi connectivity index (χ1) is 9.90. The predicted molar refractivity (Wildman–Crippen MR) is 80.9 cm³/mol. The number of aromatic carboxylic acids is 1. The molecule has 0 radical (unpaired) electrons. The number of hydrogen-bond acceptors (Lipinski definition) is 3. The lowest BCUT2D eigenvalue weighted by atomic mass is 10.1. The molecule has 4 nitrogen and oxygen atoms in total. The molecule has 0 aromatic heterocycles. The average molecular weight is 304 g/mol. The van der Waals surface area contributed by atoms with Gasteiger partial charge in [-0.15, -0.1) is 0 Å². The molecule has 2 aromatic carbocycles. The third-order valence-electron chi connectivity index (χ3n) is 3.35. The molecule has 5 heteroatoms. The molecule has 21 heavy (non-hydrogen) atoms. The summed E-state index contributed by atoms with van der Waals surface area (Å²) in [5, 5.41) is 8.31. The van der Waals surface area contributed by atoms with E-state index in [9.17, 15) is 13.2 Å². The Morgan fingerprint density at radius 1 is 1.10 bits per heavy atom. The molecule has 0 aliphatic carbocycles. The maximum absolute atomic E-state index is 12.4. The summed E-state index contributed by atoms with van der Waals surface area (Å²) in [5.74, 6) is -1.24. The molecule has 2 rings (SSSR count). The molecular weight excluding hydrogens is 288 g/mol. The lowest BCUT2D eigenvalue weighted by molar-refractivity contribution is 0.0696. The van der Waals surface area contributed by atoms with Crippen molar-refractivity contribution in [3.63, 3.8) is 0 Å². The molecule has 0 aliphatic rings. The Morgan fingerprint density at radius 2 is 1.76 bits per heavy atom. The van der Waals surface area contributed by atoms with Crippen molar-refractivity contribution in [3.05, 3.63) is 71.3 Å². The third-order valence-corrected chi connectivity index (χ3v) is 5.43. The highest BCUT2D eigenvalue weighted by Crippen LogP contribution is 2.25. The lowest BCUT2D eigenvalue weighted by Crippen LogP contribution is -2.13. The zero-order valence-corrected chi connectivity index (χ0v) is 12.4. The van der Waals surface area contributed by atoms with Gasteiger partial charge < -0.3 is 5.11 Å². The molecule has 0 fully saturated rings. The number of benzene rings is 2. The first-order valence-electron chi connectivity index (χ1n) is 6.49. The number of rotatable bonds is 5. The number of carbonyl (C=O) groups is 1. The molecule has 0 saturated heterocycles. The van der Waals surface area contributed by atoms with Gasteiger partial charge in [0, 0.05) is 0 Å². The van der Waals surface area contributed by atoms with Gasteiger partial charge >= 0.3 is 5.97 Å². The van der Waals surface area contributed by atoms with Gasteiger partial charge in [0.15, 0.2) is 9.84 Å². The summed E-state index contributed by atoms with van der Waals surface area (Å²) in [5.41, 5.74) is 1.31. The zero-order valence-electron chi connectivity index (χ0n) is 11.6. The molecule has 1 N–H and O–H groups in total. The van der Waals surface area contributed by atoms with Crippen LogP contribution in [0.3, 0.4) is 0 Å². The maximum atomic E-state index is 12.4. The summed E-state index contributed by atoms with van der Waals surface area (Å²) in [6.07, 6.45) is 0. The van der Waals surface area contributed by atoms with Gasteiger partial charge in [0.25, 0.3) is 0 Å². The fourth-order valence-corrected chi connectivity index (χ4v) is 3.55. The van der Waals surface area contributed by atoms with E-state index in [1.165, 1.54) is 12.1 Å². The summed E-state index contributed by atoms with van der Waals surface area (Å²) < 4.78 is 24.9. The Hall–Kier alpha value is -2.14. The van der Waals surface area contributed by atoms with E-state index in [0.29, 0.717) is 5.56 Å². The highest BCUT2D eigenvalue weighted by Gasteiger charge is 2.23.